The van der Waals surface area contributed by atoms with Crippen molar-refractivity contribution < 1.29 is 19.0 Å². The highest BCUT2D eigenvalue weighted by Gasteiger charge is 2.32. The molecular formula is C22H24FN5O3. The number of carbonyl (C=O) groups is 1. The van der Waals surface area contributed by atoms with Gasteiger partial charge in [0.1, 0.15) is 17.6 Å². The Bertz CT molecular complexity index is 1010. The van der Waals surface area contributed by atoms with E-state index >= 15 is 0 Å². The normalized spacial score (nSPS) is 21.0. The van der Waals surface area contributed by atoms with Crippen molar-refractivity contribution in [3.05, 3.63) is 66.4 Å². The van der Waals surface area contributed by atoms with Crippen LogP contribution < -0.4 is 5.32 Å². The molecule has 0 bridgehead atoms. The Hall–Kier alpha value is -3.17. The zero-order chi connectivity index (χ0) is 21.6. The van der Waals surface area contributed by atoms with Crippen molar-refractivity contribution in [3.63, 3.8) is 0 Å². The van der Waals surface area contributed by atoms with E-state index in [1.54, 1.807) is 23.1 Å². The lowest BCUT2D eigenvalue weighted by Crippen LogP contribution is -2.51. The summed E-state index contributed by atoms with van der Waals surface area (Å²) in [5.74, 6) is -1.08. The number of hydrogen-bond acceptors (Lipinski definition) is 6. The molecule has 3 heterocycles. The van der Waals surface area contributed by atoms with Gasteiger partial charge in [0, 0.05) is 24.5 Å². The number of aliphatic hydroxyl groups excluding tert-OH is 1. The molecule has 1 amide bonds. The van der Waals surface area contributed by atoms with E-state index in [4.69, 9.17) is 4.74 Å². The van der Waals surface area contributed by atoms with Crippen LogP contribution in [0.15, 0.2) is 55.0 Å². The minimum atomic E-state index is -0.575. The second kappa shape index (κ2) is 9.76. The third kappa shape index (κ3) is 5.12. The Morgan fingerprint density at radius 3 is 2.90 bits per heavy atom. The van der Waals surface area contributed by atoms with E-state index in [0.29, 0.717) is 25.8 Å². The molecule has 9 heteroatoms. The number of rotatable bonds is 7. The van der Waals surface area contributed by atoms with Crippen LogP contribution in [-0.4, -0.2) is 55.8 Å². The molecule has 0 spiro atoms. The van der Waals surface area contributed by atoms with Crippen LogP contribution in [0.1, 0.15) is 29.6 Å². The highest BCUT2D eigenvalue weighted by molar-refractivity contribution is 5.94. The molecule has 4 rings (SSSR count). The van der Waals surface area contributed by atoms with Crippen molar-refractivity contribution in [2.45, 2.75) is 44.1 Å². The van der Waals surface area contributed by atoms with E-state index in [9.17, 15) is 14.3 Å². The highest BCUT2D eigenvalue weighted by atomic mass is 19.1. The molecule has 1 fully saturated rings. The fraction of sp³-hybridized carbons (Fsp3) is 0.364. The number of halogens is 1. The zero-order valence-electron chi connectivity index (χ0n) is 16.9. The van der Waals surface area contributed by atoms with Gasteiger partial charge in [-0.15, -0.1) is 5.10 Å². The molecule has 1 aliphatic heterocycles. The number of pyridine rings is 1. The van der Waals surface area contributed by atoms with Gasteiger partial charge in [-0.3, -0.25) is 14.5 Å². The second-order valence-corrected chi connectivity index (χ2v) is 7.51. The molecule has 0 radical (unpaired) electrons. The first-order valence-corrected chi connectivity index (χ1v) is 10.3. The van der Waals surface area contributed by atoms with Crippen molar-refractivity contribution in [2.24, 2.45) is 0 Å². The fourth-order valence-corrected chi connectivity index (χ4v) is 3.73. The van der Waals surface area contributed by atoms with Gasteiger partial charge in [0.05, 0.1) is 30.5 Å². The van der Waals surface area contributed by atoms with Crippen LogP contribution in [-0.2, 0) is 11.3 Å². The summed E-state index contributed by atoms with van der Waals surface area (Å²) in [6, 6.07) is 9.22. The molecule has 31 heavy (non-hydrogen) atoms. The van der Waals surface area contributed by atoms with E-state index in [-0.39, 0.29) is 24.3 Å². The topological polar surface area (TPSA) is 102 Å². The van der Waals surface area contributed by atoms with Gasteiger partial charge < -0.3 is 15.2 Å². The largest absolute Gasteiger partial charge is 0.394 e. The highest BCUT2D eigenvalue weighted by Crippen LogP contribution is 2.23. The third-order valence-corrected chi connectivity index (χ3v) is 5.41. The van der Waals surface area contributed by atoms with Gasteiger partial charge in [-0.25, -0.2) is 4.39 Å². The fourth-order valence-electron chi connectivity index (χ4n) is 3.73. The first-order chi connectivity index (χ1) is 15.1. The van der Waals surface area contributed by atoms with Crippen molar-refractivity contribution in [3.8, 4) is 11.3 Å². The number of aromatic nitrogens is 4. The van der Waals surface area contributed by atoms with Crippen LogP contribution in [0.4, 0.5) is 4.39 Å². The number of aryl methyl sites for hydroxylation is 1. The number of aliphatic hydroxyl groups is 1. The quantitative estimate of drug-likeness (QED) is 0.602. The molecule has 0 aliphatic carbocycles. The van der Waals surface area contributed by atoms with Crippen LogP contribution in [0.25, 0.3) is 11.3 Å². The maximum absolute atomic E-state index is 13.8. The van der Waals surface area contributed by atoms with Crippen LogP contribution in [0.2, 0.25) is 0 Å². The molecule has 3 atom stereocenters. The average molecular weight is 425 g/mol. The standard InChI is InChI=1S/C22H24FN5O3/c23-18-6-2-1-5-17(18)22(30)25-19-8-7-16(31-21(19)14-29)9-11-28-13-20(26-27-28)15-4-3-10-24-12-15/h1-6,10,12-13,16,19,21,29H,7-9,11,14H2,(H,25,30)/t16-,19+,21-/m1/s1. The molecular weight excluding hydrogens is 401 g/mol. The molecule has 1 aliphatic rings. The summed E-state index contributed by atoms with van der Waals surface area (Å²) in [4.78, 5) is 16.5. The van der Waals surface area contributed by atoms with Crippen molar-refractivity contribution in [1.82, 2.24) is 25.3 Å². The predicted molar refractivity (Wildman–Crippen MR) is 111 cm³/mol. The monoisotopic (exact) mass is 425 g/mol. The number of nitrogens with one attached hydrogen (secondary N) is 1. The summed E-state index contributed by atoms with van der Waals surface area (Å²) >= 11 is 0. The van der Waals surface area contributed by atoms with Gasteiger partial charge in [0.2, 0.25) is 0 Å². The molecule has 162 valence electrons. The lowest BCUT2D eigenvalue weighted by Gasteiger charge is -2.36. The van der Waals surface area contributed by atoms with Crippen LogP contribution >= 0.6 is 0 Å². The molecule has 8 nitrogen and oxygen atoms in total. The van der Waals surface area contributed by atoms with Gasteiger partial charge >= 0.3 is 0 Å². The maximum Gasteiger partial charge on any atom is 0.254 e. The van der Waals surface area contributed by atoms with E-state index < -0.39 is 17.8 Å². The maximum atomic E-state index is 13.8. The van der Waals surface area contributed by atoms with Crippen LogP contribution in [0.3, 0.4) is 0 Å². The molecule has 1 aromatic carbocycles. The van der Waals surface area contributed by atoms with Gasteiger partial charge in [-0.05, 0) is 43.5 Å². The zero-order valence-corrected chi connectivity index (χ0v) is 16.9. The number of nitrogens with zero attached hydrogens (tertiary/aromatic N) is 4. The Labute approximate surface area is 179 Å². The van der Waals surface area contributed by atoms with E-state index in [2.05, 4.69) is 20.6 Å². The summed E-state index contributed by atoms with van der Waals surface area (Å²) < 4.78 is 21.6. The number of benzene rings is 1. The van der Waals surface area contributed by atoms with Gasteiger partial charge in [0.15, 0.2) is 0 Å². The van der Waals surface area contributed by atoms with E-state index in [1.807, 2.05) is 18.3 Å². The number of ether oxygens (including phenoxy) is 1. The number of carbonyl (C=O) groups excluding carboxylic acids is 1. The molecule has 2 aromatic heterocycles. The first-order valence-electron chi connectivity index (χ1n) is 10.3. The van der Waals surface area contributed by atoms with E-state index in [1.165, 1.54) is 18.2 Å². The molecule has 3 aromatic rings. The second-order valence-electron chi connectivity index (χ2n) is 7.51. The number of hydrogen-bond donors (Lipinski definition) is 2. The minimum Gasteiger partial charge on any atom is -0.394 e. The minimum absolute atomic E-state index is 0.0167. The Morgan fingerprint density at radius 2 is 2.13 bits per heavy atom. The van der Waals surface area contributed by atoms with Crippen molar-refractivity contribution in [1.29, 1.82) is 0 Å². The lowest BCUT2D eigenvalue weighted by molar-refractivity contribution is -0.0912. The smallest absolute Gasteiger partial charge is 0.254 e. The SMILES string of the molecule is O=C(N[C@H]1CC[C@H](CCn2cc(-c3cccnc3)nn2)O[C@@H]1CO)c1ccccc1F. The Balaban J connectivity index is 1.30. The average Bonchev–Trinajstić information content (AvgIpc) is 3.28. The molecule has 0 unspecified atom stereocenters. The summed E-state index contributed by atoms with van der Waals surface area (Å²) in [5, 5.41) is 20.9. The summed E-state index contributed by atoms with van der Waals surface area (Å²) in [6.07, 6.45) is 6.72. The number of amides is 1. The van der Waals surface area contributed by atoms with Gasteiger partial charge in [-0.1, -0.05) is 17.3 Å². The predicted octanol–water partition coefficient (Wildman–Crippen LogP) is 2.21. The van der Waals surface area contributed by atoms with Crippen molar-refractivity contribution >= 4 is 5.91 Å². The van der Waals surface area contributed by atoms with E-state index in [0.717, 1.165) is 11.3 Å². The Kier molecular flexibility index (Phi) is 6.63. The van der Waals surface area contributed by atoms with Crippen molar-refractivity contribution in [2.75, 3.05) is 6.61 Å². The third-order valence-electron chi connectivity index (χ3n) is 5.41. The summed E-state index contributed by atoms with van der Waals surface area (Å²) in [5.41, 5.74) is 1.63. The molecule has 1 saturated heterocycles. The van der Waals surface area contributed by atoms with Crippen LogP contribution in [0.5, 0.6) is 0 Å². The lowest BCUT2D eigenvalue weighted by atomic mass is 9.96. The van der Waals surface area contributed by atoms with Crippen LogP contribution in [0, 0.1) is 5.82 Å². The first kappa shape index (κ1) is 21.1. The van der Waals surface area contributed by atoms with Gasteiger partial charge in [0.25, 0.3) is 5.91 Å². The van der Waals surface area contributed by atoms with Gasteiger partial charge in [-0.2, -0.15) is 0 Å². The summed E-state index contributed by atoms with van der Waals surface area (Å²) in [6.45, 7) is 0.384. The molecule has 2 N–H and O–H groups in total. The Morgan fingerprint density at radius 1 is 1.26 bits per heavy atom. The summed E-state index contributed by atoms with van der Waals surface area (Å²) in [7, 11) is 0. The molecule has 0 saturated carbocycles.